The summed E-state index contributed by atoms with van der Waals surface area (Å²) in [4.78, 5) is 17.2. The second-order valence-electron chi connectivity index (χ2n) is 4.73. The van der Waals surface area contributed by atoms with Crippen LogP contribution in [0.4, 0.5) is 0 Å². The molecule has 0 bridgehead atoms. The van der Waals surface area contributed by atoms with E-state index in [1.54, 1.807) is 0 Å². The molecule has 1 atom stereocenters. The quantitative estimate of drug-likeness (QED) is 0.784. The van der Waals surface area contributed by atoms with E-state index in [9.17, 15) is 4.79 Å². The number of rotatable bonds is 4. The number of aromatic nitrogens is 2. The molecule has 0 amide bonds. The predicted molar refractivity (Wildman–Crippen MR) is 63.1 cm³/mol. The van der Waals surface area contributed by atoms with Gasteiger partial charge >= 0.3 is 5.97 Å². The molecule has 1 saturated heterocycles. The van der Waals surface area contributed by atoms with Gasteiger partial charge in [-0.25, -0.2) is 0 Å². The van der Waals surface area contributed by atoms with Gasteiger partial charge in [-0.1, -0.05) is 19.0 Å². The maximum Gasteiger partial charge on any atom is 0.322 e. The summed E-state index contributed by atoms with van der Waals surface area (Å²) in [6, 6.07) is -0.534. The summed E-state index contributed by atoms with van der Waals surface area (Å²) in [6.07, 6.45) is 0. The second kappa shape index (κ2) is 5.45. The Bertz CT molecular complexity index is 418. The fourth-order valence-electron chi connectivity index (χ4n) is 1.92. The van der Waals surface area contributed by atoms with Crippen molar-refractivity contribution in [2.45, 2.75) is 32.4 Å². The van der Waals surface area contributed by atoms with Crippen molar-refractivity contribution < 1.29 is 14.4 Å². The van der Waals surface area contributed by atoms with Crippen LogP contribution >= 0.6 is 0 Å². The van der Waals surface area contributed by atoms with Crippen LogP contribution in [0, 0.1) is 0 Å². The normalized spacial score (nSPS) is 21.4. The molecule has 1 aromatic rings. The van der Waals surface area contributed by atoms with Crippen molar-refractivity contribution in [1.29, 1.82) is 0 Å². The number of carboxylic acids is 1. The van der Waals surface area contributed by atoms with E-state index in [0.29, 0.717) is 31.3 Å². The van der Waals surface area contributed by atoms with Gasteiger partial charge in [0.1, 0.15) is 6.04 Å². The summed E-state index contributed by atoms with van der Waals surface area (Å²) in [5, 5.41) is 16.1. The Morgan fingerprint density at radius 3 is 3.06 bits per heavy atom. The molecule has 7 heteroatoms. The van der Waals surface area contributed by atoms with E-state index < -0.39 is 12.0 Å². The van der Waals surface area contributed by atoms with E-state index >= 15 is 0 Å². The van der Waals surface area contributed by atoms with Crippen LogP contribution in [-0.4, -0.2) is 51.8 Å². The van der Waals surface area contributed by atoms with Crippen molar-refractivity contribution >= 4 is 5.97 Å². The highest BCUT2D eigenvalue weighted by Crippen LogP contribution is 2.13. The van der Waals surface area contributed by atoms with Crippen molar-refractivity contribution in [3.63, 3.8) is 0 Å². The van der Waals surface area contributed by atoms with Gasteiger partial charge in [0.15, 0.2) is 5.82 Å². The minimum Gasteiger partial charge on any atom is -0.480 e. The maximum absolute atomic E-state index is 11.1. The number of nitrogens with zero attached hydrogens (tertiary/aromatic N) is 3. The Kier molecular flexibility index (Phi) is 3.93. The fraction of sp³-hybridized carbons (Fsp3) is 0.727. The van der Waals surface area contributed by atoms with Crippen LogP contribution in [-0.2, 0) is 11.3 Å². The van der Waals surface area contributed by atoms with Crippen LogP contribution in [0.2, 0.25) is 0 Å². The van der Waals surface area contributed by atoms with E-state index in [1.165, 1.54) is 0 Å². The smallest absolute Gasteiger partial charge is 0.322 e. The number of aliphatic carboxylic acids is 1. The Morgan fingerprint density at radius 2 is 2.44 bits per heavy atom. The zero-order valence-corrected chi connectivity index (χ0v) is 10.6. The minimum atomic E-state index is -0.828. The fourth-order valence-corrected chi connectivity index (χ4v) is 1.92. The van der Waals surface area contributed by atoms with Gasteiger partial charge in [-0.3, -0.25) is 9.69 Å². The summed E-state index contributed by atoms with van der Waals surface area (Å²) in [7, 11) is 0. The number of piperazine rings is 1. The zero-order valence-electron chi connectivity index (χ0n) is 10.6. The highest BCUT2D eigenvalue weighted by atomic mass is 16.5. The summed E-state index contributed by atoms with van der Waals surface area (Å²) < 4.78 is 5.14. The van der Waals surface area contributed by atoms with E-state index in [2.05, 4.69) is 15.5 Å². The molecule has 0 aromatic carbocycles. The molecule has 18 heavy (non-hydrogen) atoms. The van der Waals surface area contributed by atoms with Crippen LogP contribution in [0.5, 0.6) is 0 Å². The molecular weight excluding hydrogens is 236 g/mol. The SMILES string of the molecule is CC(C)c1noc(CN2CCNCC2C(=O)O)n1. The van der Waals surface area contributed by atoms with Crippen LogP contribution in [0.15, 0.2) is 4.52 Å². The number of carboxylic acid groups (broad SMARTS) is 1. The highest BCUT2D eigenvalue weighted by Gasteiger charge is 2.29. The van der Waals surface area contributed by atoms with Gasteiger partial charge < -0.3 is 14.9 Å². The molecule has 1 aliphatic rings. The molecular formula is C11H18N4O3. The molecule has 7 nitrogen and oxygen atoms in total. The number of hydrogen-bond donors (Lipinski definition) is 2. The van der Waals surface area contributed by atoms with Crippen molar-refractivity contribution in [2.24, 2.45) is 0 Å². The lowest BCUT2D eigenvalue weighted by Gasteiger charge is -2.32. The Labute approximate surface area is 105 Å². The third kappa shape index (κ3) is 2.85. The monoisotopic (exact) mass is 254 g/mol. The van der Waals surface area contributed by atoms with E-state index in [-0.39, 0.29) is 5.92 Å². The van der Waals surface area contributed by atoms with Crippen LogP contribution in [0.25, 0.3) is 0 Å². The molecule has 2 N–H and O–H groups in total. The van der Waals surface area contributed by atoms with Crippen LogP contribution in [0.3, 0.4) is 0 Å². The molecule has 1 fully saturated rings. The molecule has 1 aromatic heterocycles. The molecule has 2 rings (SSSR count). The molecule has 1 unspecified atom stereocenters. The first-order valence-corrected chi connectivity index (χ1v) is 6.08. The largest absolute Gasteiger partial charge is 0.480 e. The number of nitrogens with one attached hydrogen (secondary N) is 1. The number of carbonyl (C=O) groups is 1. The lowest BCUT2D eigenvalue weighted by atomic mass is 10.2. The second-order valence-corrected chi connectivity index (χ2v) is 4.73. The molecule has 0 aliphatic carbocycles. The van der Waals surface area contributed by atoms with Crippen molar-refractivity contribution in [2.75, 3.05) is 19.6 Å². The third-order valence-corrected chi connectivity index (χ3v) is 2.98. The highest BCUT2D eigenvalue weighted by molar-refractivity contribution is 5.73. The number of hydrogen-bond acceptors (Lipinski definition) is 6. The molecule has 1 aliphatic heterocycles. The van der Waals surface area contributed by atoms with Gasteiger partial charge in [0.2, 0.25) is 5.89 Å². The lowest BCUT2D eigenvalue weighted by Crippen LogP contribution is -2.54. The first-order chi connectivity index (χ1) is 8.58. The Balaban J connectivity index is 2.03. The summed E-state index contributed by atoms with van der Waals surface area (Å²) in [6.45, 7) is 6.24. The Hall–Kier alpha value is -1.47. The third-order valence-electron chi connectivity index (χ3n) is 2.98. The molecule has 0 saturated carbocycles. The molecule has 0 spiro atoms. The topological polar surface area (TPSA) is 91.5 Å². The summed E-state index contributed by atoms with van der Waals surface area (Å²) >= 11 is 0. The molecule has 0 radical (unpaired) electrons. The summed E-state index contributed by atoms with van der Waals surface area (Å²) in [5.41, 5.74) is 0. The van der Waals surface area contributed by atoms with Gasteiger partial charge in [0.05, 0.1) is 6.54 Å². The minimum absolute atomic E-state index is 0.209. The zero-order chi connectivity index (χ0) is 13.1. The van der Waals surface area contributed by atoms with E-state index in [0.717, 1.165) is 6.54 Å². The maximum atomic E-state index is 11.1. The molecule has 2 heterocycles. The first-order valence-electron chi connectivity index (χ1n) is 6.08. The lowest BCUT2D eigenvalue weighted by molar-refractivity contribution is -0.144. The van der Waals surface area contributed by atoms with Crippen molar-refractivity contribution in [1.82, 2.24) is 20.4 Å². The Morgan fingerprint density at radius 1 is 1.67 bits per heavy atom. The first kappa shape index (κ1) is 13.0. The van der Waals surface area contributed by atoms with Gasteiger partial charge in [0, 0.05) is 25.6 Å². The molecule has 100 valence electrons. The van der Waals surface area contributed by atoms with E-state index in [1.807, 2.05) is 18.7 Å². The van der Waals surface area contributed by atoms with Crippen molar-refractivity contribution in [3.05, 3.63) is 11.7 Å². The van der Waals surface area contributed by atoms with Gasteiger partial charge in [-0.2, -0.15) is 4.98 Å². The standard InChI is InChI=1S/C11H18N4O3/c1-7(2)10-13-9(18-14-10)6-15-4-3-12-5-8(15)11(16)17/h7-8,12H,3-6H2,1-2H3,(H,16,17). The predicted octanol–water partition coefficient (Wildman–Crippen LogP) is 0.0514. The van der Waals surface area contributed by atoms with Crippen molar-refractivity contribution in [3.8, 4) is 0 Å². The summed E-state index contributed by atoms with van der Waals surface area (Å²) in [5.74, 6) is 0.519. The van der Waals surface area contributed by atoms with E-state index in [4.69, 9.17) is 9.63 Å². The van der Waals surface area contributed by atoms with Gasteiger partial charge in [-0.05, 0) is 0 Å². The van der Waals surface area contributed by atoms with Gasteiger partial charge in [-0.15, -0.1) is 0 Å². The average molecular weight is 254 g/mol. The average Bonchev–Trinajstić information content (AvgIpc) is 2.78. The van der Waals surface area contributed by atoms with Gasteiger partial charge in [0.25, 0.3) is 0 Å². The van der Waals surface area contributed by atoms with Crippen LogP contribution in [0.1, 0.15) is 31.5 Å². The van der Waals surface area contributed by atoms with Crippen LogP contribution < -0.4 is 5.32 Å².